The fourth-order valence-electron chi connectivity index (χ4n) is 0.934. The first-order valence-corrected chi connectivity index (χ1v) is 4.71. The van der Waals surface area contributed by atoms with Crippen LogP contribution in [0.4, 0.5) is 0 Å². The zero-order valence-electron chi connectivity index (χ0n) is 8.27. The standard InChI is InChI=1S/C11H9ClO4/c1-7(11(14)15)6-16-10-3-2-8(5-13)4-9(10)12/h2-5H,1,6H2,(H,14,15). The van der Waals surface area contributed by atoms with Crippen molar-refractivity contribution in [1.29, 1.82) is 0 Å². The van der Waals surface area contributed by atoms with E-state index in [1.54, 1.807) is 0 Å². The largest absolute Gasteiger partial charge is 0.487 e. The van der Waals surface area contributed by atoms with E-state index in [2.05, 4.69) is 6.58 Å². The molecule has 1 rings (SSSR count). The maximum Gasteiger partial charge on any atom is 0.334 e. The Labute approximate surface area is 97.1 Å². The lowest BCUT2D eigenvalue weighted by Gasteiger charge is -2.07. The third-order valence-electron chi connectivity index (χ3n) is 1.80. The summed E-state index contributed by atoms with van der Waals surface area (Å²) in [5.74, 6) is -0.810. The second-order valence-electron chi connectivity index (χ2n) is 3.01. The fraction of sp³-hybridized carbons (Fsp3) is 0.0909. The number of hydrogen-bond acceptors (Lipinski definition) is 3. The minimum atomic E-state index is -1.12. The first-order chi connectivity index (χ1) is 7.54. The predicted molar refractivity (Wildman–Crippen MR) is 59.1 cm³/mol. The highest BCUT2D eigenvalue weighted by molar-refractivity contribution is 6.32. The number of carbonyl (C=O) groups excluding carboxylic acids is 1. The van der Waals surface area contributed by atoms with Gasteiger partial charge < -0.3 is 9.84 Å². The molecule has 0 radical (unpaired) electrons. The molecule has 84 valence electrons. The van der Waals surface area contributed by atoms with Crippen molar-refractivity contribution in [2.24, 2.45) is 0 Å². The van der Waals surface area contributed by atoms with Crippen molar-refractivity contribution in [3.8, 4) is 5.75 Å². The molecule has 0 atom stereocenters. The smallest absolute Gasteiger partial charge is 0.334 e. The van der Waals surface area contributed by atoms with E-state index in [1.165, 1.54) is 18.2 Å². The summed E-state index contributed by atoms with van der Waals surface area (Å²) < 4.78 is 5.13. The van der Waals surface area contributed by atoms with Crippen LogP contribution >= 0.6 is 11.6 Å². The van der Waals surface area contributed by atoms with Crippen molar-refractivity contribution in [3.63, 3.8) is 0 Å². The average Bonchev–Trinajstić information content (AvgIpc) is 2.26. The van der Waals surface area contributed by atoms with Gasteiger partial charge in [-0.3, -0.25) is 4.79 Å². The summed E-state index contributed by atoms with van der Waals surface area (Å²) >= 11 is 5.81. The second kappa shape index (κ2) is 5.32. The Morgan fingerprint density at radius 1 is 1.56 bits per heavy atom. The summed E-state index contributed by atoms with van der Waals surface area (Å²) in [6.07, 6.45) is 0.659. The molecule has 0 unspecified atom stereocenters. The Morgan fingerprint density at radius 3 is 2.75 bits per heavy atom. The first kappa shape index (κ1) is 12.3. The van der Waals surface area contributed by atoms with Crippen molar-refractivity contribution >= 4 is 23.9 Å². The number of halogens is 1. The Balaban J connectivity index is 2.71. The van der Waals surface area contributed by atoms with Crippen molar-refractivity contribution in [2.45, 2.75) is 0 Å². The summed E-state index contributed by atoms with van der Waals surface area (Å²) in [6.45, 7) is 3.15. The number of benzene rings is 1. The van der Waals surface area contributed by atoms with E-state index in [4.69, 9.17) is 21.4 Å². The third-order valence-corrected chi connectivity index (χ3v) is 2.09. The predicted octanol–water partition coefficient (Wildman–Crippen LogP) is 2.17. The van der Waals surface area contributed by atoms with Crippen molar-refractivity contribution in [3.05, 3.63) is 40.9 Å². The SMILES string of the molecule is C=C(COc1ccc(C=O)cc1Cl)C(=O)O. The molecule has 0 aliphatic heterocycles. The number of rotatable bonds is 5. The maximum absolute atomic E-state index is 10.4. The molecule has 0 spiro atoms. The Hall–Kier alpha value is -1.81. The normalized spacial score (nSPS) is 9.56. The van der Waals surface area contributed by atoms with Gasteiger partial charge in [-0.2, -0.15) is 0 Å². The van der Waals surface area contributed by atoms with E-state index in [0.717, 1.165) is 0 Å². The van der Waals surface area contributed by atoms with Crippen LogP contribution in [0, 0.1) is 0 Å². The highest BCUT2D eigenvalue weighted by Crippen LogP contribution is 2.25. The van der Waals surface area contributed by atoms with Gasteiger partial charge in [-0.15, -0.1) is 0 Å². The molecular weight excluding hydrogens is 232 g/mol. The molecule has 16 heavy (non-hydrogen) atoms. The van der Waals surface area contributed by atoms with E-state index >= 15 is 0 Å². The van der Waals surface area contributed by atoms with Gasteiger partial charge in [0.1, 0.15) is 18.6 Å². The van der Waals surface area contributed by atoms with E-state index in [1.807, 2.05) is 0 Å². The molecule has 5 heteroatoms. The minimum absolute atomic E-state index is 0.0736. The number of aliphatic carboxylic acids is 1. The summed E-state index contributed by atoms with van der Waals surface area (Å²) in [7, 11) is 0. The van der Waals surface area contributed by atoms with Crippen LogP contribution in [0.2, 0.25) is 5.02 Å². The first-order valence-electron chi connectivity index (χ1n) is 4.33. The molecule has 0 bridgehead atoms. The number of aldehydes is 1. The number of carboxylic acids is 1. The van der Waals surface area contributed by atoms with Crippen LogP contribution in [0.25, 0.3) is 0 Å². The molecule has 0 saturated heterocycles. The van der Waals surface area contributed by atoms with Gasteiger partial charge in [-0.25, -0.2) is 4.79 Å². The van der Waals surface area contributed by atoms with Gasteiger partial charge in [0.25, 0.3) is 0 Å². The summed E-state index contributed by atoms with van der Waals surface area (Å²) in [6, 6.07) is 4.46. The van der Waals surface area contributed by atoms with Crippen LogP contribution < -0.4 is 4.74 Å². The minimum Gasteiger partial charge on any atom is -0.487 e. The van der Waals surface area contributed by atoms with E-state index < -0.39 is 5.97 Å². The Morgan fingerprint density at radius 2 is 2.25 bits per heavy atom. The molecule has 0 fully saturated rings. The molecule has 0 saturated carbocycles. The quantitative estimate of drug-likeness (QED) is 0.633. The zero-order chi connectivity index (χ0) is 12.1. The van der Waals surface area contributed by atoms with Gasteiger partial charge in [0, 0.05) is 5.56 Å². The lowest BCUT2D eigenvalue weighted by Crippen LogP contribution is -2.09. The van der Waals surface area contributed by atoms with Crippen LogP contribution in [0.3, 0.4) is 0 Å². The number of carbonyl (C=O) groups is 2. The van der Waals surface area contributed by atoms with E-state index in [9.17, 15) is 9.59 Å². The molecule has 0 heterocycles. The van der Waals surface area contributed by atoms with Gasteiger partial charge in [0.05, 0.1) is 10.6 Å². The van der Waals surface area contributed by atoms with Crippen molar-refractivity contribution < 1.29 is 19.4 Å². The molecule has 0 aliphatic rings. The van der Waals surface area contributed by atoms with Gasteiger partial charge in [-0.1, -0.05) is 18.2 Å². The average molecular weight is 241 g/mol. The molecule has 1 aromatic rings. The van der Waals surface area contributed by atoms with Crippen LogP contribution in [-0.4, -0.2) is 24.0 Å². The fourth-order valence-corrected chi connectivity index (χ4v) is 1.18. The molecule has 0 aromatic heterocycles. The summed E-state index contributed by atoms with van der Waals surface area (Å²) in [5, 5.41) is 8.81. The topological polar surface area (TPSA) is 63.6 Å². The summed E-state index contributed by atoms with van der Waals surface area (Å²) in [5.41, 5.74) is 0.352. The third kappa shape index (κ3) is 3.10. The molecular formula is C11H9ClO4. The highest BCUT2D eigenvalue weighted by Gasteiger charge is 2.07. The number of carboxylic acid groups (broad SMARTS) is 1. The molecule has 1 N–H and O–H groups in total. The van der Waals surface area contributed by atoms with Gasteiger partial charge >= 0.3 is 5.97 Å². The number of ether oxygens (including phenoxy) is 1. The van der Waals surface area contributed by atoms with Gasteiger partial charge in [-0.05, 0) is 18.2 Å². The van der Waals surface area contributed by atoms with Crippen LogP contribution in [-0.2, 0) is 4.79 Å². The van der Waals surface area contributed by atoms with Gasteiger partial charge in [0.2, 0.25) is 0 Å². The molecule has 4 nitrogen and oxygen atoms in total. The van der Waals surface area contributed by atoms with Crippen molar-refractivity contribution in [2.75, 3.05) is 6.61 Å². The monoisotopic (exact) mass is 240 g/mol. The molecule has 0 amide bonds. The second-order valence-corrected chi connectivity index (χ2v) is 3.41. The molecule has 0 aliphatic carbocycles. The van der Waals surface area contributed by atoms with Crippen molar-refractivity contribution in [1.82, 2.24) is 0 Å². The lowest BCUT2D eigenvalue weighted by atomic mass is 10.2. The van der Waals surface area contributed by atoms with Crippen LogP contribution in [0.5, 0.6) is 5.75 Å². The summed E-state index contributed by atoms with van der Waals surface area (Å²) in [4.78, 5) is 20.9. The van der Waals surface area contributed by atoms with E-state index in [0.29, 0.717) is 17.6 Å². The Bertz CT molecular complexity index is 440. The zero-order valence-corrected chi connectivity index (χ0v) is 9.03. The maximum atomic E-state index is 10.4. The lowest BCUT2D eigenvalue weighted by molar-refractivity contribution is -0.133. The van der Waals surface area contributed by atoms with Gasteiger partial charge in [0.15, 0.2) is 0 Å². The number of hydrogen-bond donors (Lipinski definition) is 1. The van der Waals surface area contributed by atoms with Crippen LogP contribution in [0.15, 0.2) is 30.4 Å². The van der Waals surface area contributed by atoms with Crippen LogP contribution in [0.1, 0.15) is 10.4 Å². The van der Waals surface area contributed by atoms with E-state index in [-0.39, 0.29) is 17.2 Å². The Kier molecular flexibility index (Phi) is 4.08. The molecule has 1 aromatic carbocycles. The highest BCUT2D eigenvalue weighted by atomic mass is 35.5.